The molecule has 0 bridgehead atoms. The van der Waals surface area contributed by atoms with Gasteiger partial charge >= 0.3 is 12.1 Å². The number of amides is 3. The third-order valence-electron chi connectivity index (χ3n) is 8.55. The molecule has 266 valence electrons. The largest absolute Gasteiger partial charge is 0.444 e. The van der Waals surface area contributed by atoms with E-state index in [9.17, 15) is 9.59 Å². The summed E-state index contributed by atoms with van der Waals surface area (Å²) in [5.41, 5.74) is -0.00643. The standard InChI is InChI=1S/C35H45Cl2F2N5O4Si/c1-10-43-31-26(17-23(37)21-41-31)25-12-11-22(36)18-29(25)44(32(43)45)30-27(38)19-24(20-28(30)39)40-13-14-42(33(46)48-34(2,3)4)15-16-47-49(8,9)35(5,6)7/h11-12,17-21,40H,10,13-16H2,1-9H3. The Balaban J connectivity index is 1.60. The van der Waals surface area contributed by atoms with E-state index in [-0.39, 0.29) is 47.6 Å². The summed E-state index contributed by atoms with van der Waals surface area (Å²) in [6.07, 6.45) is 0.893. The van der Waals surface area contributed by atoms with Crippen molar-refractivity contribution >= 4 is 66.5 Å². The fourth-order valence-corrected chi connectivity index (χ4v) is 6.40. The number of nitrogens with zero attached hydrogens (tertiary/aromatic N) is 4. The number of nitrogens with one attached hydrogen (secondary N) is 1. The van der Waals surface area contributed by atoms with Crippen LogP contribution in [-0.2, 0) is 9.16 Å². The van der Waals surface area contributed by atoms with Crippen LogP contribution in [0, 0.1) is 11.6 Å². The zero-order valence-corrected chi connectivity index (χ0v) is 32.0. The molecule has 9 nitrogen and oxygen atoms in total. The Kier molecular flexibility index (Phi) is 11.6. The first kappa shape index (κ1) is 38.4. The summed E-state index contributed by atoms with van der Waals surface area (Å²) in [5.74, 6) is -1.67. The van der Waals surface area contributed by atoms with Gasteiger partial charge in [0, 0.05) is 54.2 Å². The van der Waals surface area contributed by atoms with Crippen LogP contribution in [0.4, 0.5) is 41.2 Å². The summed E-state index contributed by atoms with van der Waals surface area (Å²) in [5, 5.41) is 3.60. The van der Waals surface area contributed by atoms with E-state index in [0.717, 1.165) is 17.0 Å². The van der Waals surface area contributed by atoms with Gasteiger partial charge in [-0.2, -0.15) is 0 Å². The van der Waals surface area contributed by atoms with Crippen molar-refractivity contribution in [3.63, 3.8) is 0 Å². The van der Waals surface area contributed by atoms with E-state index >= 15 is 8.78 Å². The second kappa shape index (κ2) is 14.8. The molecule has 0 radical (unpaired) electrons. The summed E-state index contributed by atoms with van der Waals surface area (Å²) >= 11 is 12.6. The van der Waals surface area contributed by atoms with Crippen molar-refractivity contribution < 1.29 is 27.5 Å². The van der Waals surface area contributed by atoms with Crippen LogP contribution in [0.15, 0.2) is 42.6 Å². The maximum atomic E-state index is 16.0. The molecule has 2 aromatic carbocycles. The monoisotopic (exact) mass is 735 g/mol. The molecular formula is C35H45Cl2F2N5O4Si. The van der Waals surface area contributed by atoms with E-state index in [1.807, 2.05) is 0 Å². The fraction of sp³-hybridized carbons (Fsp3) is 0.457. The molecule has 3 amide bonds. The van der Waals surface area contributed by atoms with Crippen LogP contribution in [0.3, 0.4) is 0 Å². The van der Waals surface area contributed by atoms with Gasteiger partial charge in [0.2, 0.25) is 0 Å². The molecule has 2 heterocycles. The first-order chi connectivity index (χ1) is 22.7. The molecule has 0 atom stereocenters. The van der Waals surface area contributed by atoms with Gasteiger partial charge in [0.15, 0.2) is 20.0 Å². The van der Waals surface area contributed by atoms with Crippen LogP contribution in [0.2, 0.25) is 28.2 Å². The SMILES string of the molecule is CCN1C(=O)N(c2c(F)cc(NCCN(CCO[Si](C)(C)C(C)(C)C)C(=O)OC(C)(C)C)cc2F)c2cc(Cl)ccc2-c2cc(Cl)cnc21. The van der Waals surface area contributed by atoms with Gasteiger partial charge in [-0.05, 0) is 76.2 Å². The van der Waals surface area contributed by atoms with Crippen molar-refractivity contribution in [3.8, 4) is 11.1 Å². The zero-order valence-electron chi connectivity index (χ0n) is 29.5. The van der Waals surface area contributed by atoms with Gasteiger partial charge in [-0.1, -0.05) is 50.0 Å². The van der Waals surface area contributed by atoms with Crippen LogP contribution in [0.5, 0.6) is 0 Å². The molecule has 1 aromatic heterocycles. The quantitative estimate of drug-likeness (QED) is 0.209. The number of anilines is 4. The van der Waals surface area contributed by atoms with E-state index in [1.54, 1.807) is 45.9 Å². The van der Waals surface area contributed by atoms with Crippen molar-refractivity contribution in [2.45, 2.75) is 72.2 Å². The van der Waals surface area contributed by atoms with Crippen LogP contribution in [0.25, 0.3) is 11.1 Å². The Hall–Kier alpha value is -3.45. The van der Waals surface area contributed by atoms with Crippen LogP contribution < -0.4 is 15.1 Å². The highest BCUT2D eigenvalue weighted by Crippen LogP contribution is 2.46. The number of benzene rings is 2. The summed E-state index contributed by atoms with van der Waals surface area (Å²) in [6, 6.07) is 7.91. The van der Waals surface area contributed by atoms with Gasteiger partial charge < -0.3 is 19.4 Å². The number of pyridine rings is 1. The van der Waals surface area contributed by atoms with Crippen LogP contribution >= 0.6 is 23.2 Å². The second-order valence-electron chi connectivity index (χ2n) is 14.3. The Labute approximate surface area is 298 Å². The normalized spacial score (nSPS) is 13.5. The Morgan fingerprint density at radius 1 is 0.980 bits per heavy atom. The zero-order chi connectivity index (χ0) is 36.5. The maximum absolute atomic E-state index is 16.0. The Morgan fingerprint density at radius 3 is 2.22 bits per heavy atom. The minimum atomic E-state index is -2.06. The Bertz CT molecular complexity index is 1690. The number of carbonyl (C=O) groups excluding carboxylic acids is 2. The fourth-order valence-electron chi connectivity index (χ4n) is 5.04. The number of rotatable bonds is 10. The highest BCUT2D eigenvalue weighted by atomic mass is 35.5. The molecule has 0 aliphatic carbocycles. The van der Waals surface area contributed by atoms with Crippen LogP contribution in [-0.4, -0.2) is 68.7 Å². The predicted octanol–water partition coefficient (Wildman–Crippen LogP) is 10.1. The maximum Gasteiger partial charge on any atom is 0.410 e. The topological polar surface area (TPSA) is 87.2 Å². The van der Waals surface area contributed by atoms with Gasteiger partial charge in [-0.25, -0.2) is 23.4 Å². The molecule has 1 aliphatic heterocycles. The third-order valence-corrected chi connectivity index (χ3v) is 13.5. The van der Waals surface area contributed by atoms with E-state index in [0.29, 0.717) is 28.6 Å². The predicted molar refractivity (Wildman–Crippen MR) is 196 cm³/mol. The van der Waals surface area contributed by atoms with Gasteiger partial charge in [0.05, 0.1) is 17.3 Å². The molecule has 1 N–H and O–H groups in total. The minimum absolute atomic E-state index is 0.00130. The average molecular weight is 737 g/mol. The molecule has 0 fully saturated rings. The van der Waals surface area contributed by atoms with E-state index < -0.39 is 43.4 Å². The molecule has 3 aromatic rings. The summed E-state index contributed by atoms with van der Waals surface area (Å²) < 4.78 is 44.0. The Morgan fingerprint density at radius 2 is 1.63 bits per heavy atom. The molecule has 14 heteroatoms. The molecule has 0 saturated heterocycles. The van der Waals surface area contributed by atoms with Crippen LogP contribution in [0.1, 0.15) is 48.5 Å². The number of hydrogen-bond acceptors (Lipinski definition) is 6. The number of carbonyl (C=O) groups is 2. The minimum Gasteiger partial charge on any atom is -0.444 e. The molecule has 0 unspecified atom stereocenters. The van der Waals surface area contributed by atoms with Crippen molar-refractivity contribution in [2.75, 3.05) is 47.9 Å². The van der Waals surface area contributed by atoms with Crippen molar-refractivity contribution in [2.24, 2.45) is 0 Å². The van der Waals surface area contributed by atoms with Gasteiger partial charge in [-0.15, -0.1) is 0 Å². The summed E-state index contributed by atoms with van der Waals surface area (Å²) in [7, 11) is -2.06. The summed E-state index contributed by atoms with van der Waals surface area (Å²) in [4.78, 5) is 35.3. The number of ether oxygens (including phenoxy) is 1. The first-order valence-electron chi connectivity index (χ1n) is 16.2. The molecular weight excluding hydrogens is 691 g/mol. The highest BCUT2D eigenvalue weighted by Gasteiger charge is 2.38. The lowest BCUT2D eigenvalue weighted by Gasteiger charge is -2.37. The van der Waals surface area contributed by atoms with Crippen molar-refractivity contribution in [3.05, 3.63) is 64.3 Å². The number of aromatic nitrogens is 1. The van der Waals surface area contributed by atoms with Gasteiger partial charge in [0.25, 0.3) is 0 Å². The van der Waals surface area contributed by atoms with Gasteiger partial charge in [0.1, 0.15) is 17.1 Å². The second-order valence-corrected chi connectivity index (χ2v) is 20.0. The van der Waals surface area contributed by atoms with E-state index in [4.69, 9.17) is 32.4 Å². The van der Waals surface area contributed by atoms with Gasteiger partial charge in [-0.3, -0.25) is 9.80 Å². The molecule has 1 aliphatic rings. The first-order valence-corrected chi connectivity index (χ1v) is 19.8. The van der Waals surface area contributed by atoms with Crippen molar-refractivity contribution in [1.82, 2.24) is 9.88 Å². The van der Waals surface area contributed by atoms with E-state index in [1.165, 1.54) is 22.1 Å². The number of hydrogen-bond donors (Lipinski definition) is 1. The lowest BCUT2D eigenvalue weighted by atomic mass is 10.0. The number of urea groups is 1. The smallest absolute Gasteiger partial charge is 0.410 e. The lowest BCUT2D eigenvalue weighted by molar-refractivity contribution is 0.0230. The third kappa shape index (κ3) is 8.83. The van der Waals surface area contributed by atoms with Crippen molar-refractivity contribution in [1.29, 1.82) is 0 Å². The lowest BCUT2D eigenvalue weighted by Crippen LogP contribution is -2.45. The number of fused-ring (bicyclic) bond motifs is 3. The molecule has 49 heavy (non-hydrogen) atoms. The average Bonchev–Trinajstić information content (AvgIpc) is 3.06. The van der Waals surface area contributed by atoms with E-state index in [2.05, 4.69) is 44.2 Å². The molecule has 0 spiro atoms. The molecule has 4 rings (SSSR count). The number of halogens is 4. The highest BCUT2D eigenvalue weighted by molar-refractivity contribution is 6.74. The summed E-state index contributed by atoms with van der Waals surface area (Å²) in [6.45, 7) is 18.9. The molecule has 0 saturated carbocycles.